The van der Waals surface area contributed by atoms with Crippen molar-refractivity contribution < 1.29 is 5.11 Å². The predicted octanol–water partition coefficient (Wildman–Crippen LogP) is 0.215. The van der Waals surface area contributed by atoms with E-state index in [0.717, 1.165) is 11.9 Å². The van der Waals surface area contributed by atoms with E-state index >= 15 is 0 Å². The van der Waals surface area contributed by atoms with Crippen LogP contribution in [0.2, 0.25) is 0 Å². The van der Waals surface area contributed by atoms with Crippen molar-refractivity contribution in [2.45, 2.75) is 0 Å². The first-order valence-electron chi connectivity index (χ1n) is 5.06. The molecule has 0 fully saturated rings. The number of hydrogen-bond acceptors (Lipinski definition) is 5. The van der Waals surface area contributed by atoms with Crippen molar-refractivity contribution in [1.82, 2.24) is 9.97 Å². The summed E-state index contributed by atoms with van der Waals surface area (Å²) >= 11 is 0. The summed E-state index contributed by atoms with van der Waals surface area (Å²) in [6.07, 6.45) is 1.12. The number of hydrazone groups is 1. The topological polar surface area (TPSA) is 110 Å². The van der Waals surface area contributed by atoms with Gasteiger partial charge in [-0.1, -0.05) is 18.2 Å². The van der Waals surface area contributed by atoms with E-state index < -0.39 is 17.1 Å². The molecule has 92 valence electrons. The van der Waals surface area contributed by atoms with Crippen molar-refractivity contribution in [3.63, 3.8) is 0 Å². The zero-order valence-electron chi connectivity index (χ0n) is 9.18. The van der Waals surface area contributed by atoms with E-state index in [2.05, 4.69) is 15.5 Å². The molecule has 0 aliphatic carbocycles. The Morgan fingerprint density at radius 1 is 1.17 bits per heavy atom. The SMILES string of the molecule is O=c1[nH]c(O)c(/C=N\Nc2ccccc2)c(=O)[nH]1. The lowest BCUT2D eigenvalue weighted by Gasteiger charge is -1.99. The van der Waals surface area contributed by atoms with E-state index in [9.17, 15) is 14.7 Å². The maximum atomic E-state index is 11.3. The van der Waals surface area contributed by atoms with E-state index in [0.29, 0.717) is 0 Å². The first-order chi connectivity index (χ1) is 8.66. The molecular weight excluding hydrogens is 236 g/mol. The summed E-state index contributed by atoms with van der Waals surface area (Å²) in [5, 5.41) is 13.2. The monoisotopic (exact) mass is 246 g/mol. The summed E-state index contributed by atoms with van der Waals surface area (Å²) in [4.78, 5) is 26.2. The van der Waals surface area contributed by atoms with Gasteiger partial charge in [0.05, 0.1) is 11.9 Å². The van der Waals surface area contributed by atoms with E-state index in [1.54, 1.807) is 12.1 Å². The highest BCUT2D eigenvalue weighted by atomic mass is 16.3. The Morgan fingerprint density at radius 3 is 2.56 bits per heavy atom. The third-order valence-electron chi connectivity index (χ3n) is 2.12. The number of benzene rings is 1. The second-order valence-electron chi connectivity index (χ2n) is 3.41. The van der Waals surface area contributed by atoms with Gasteiger partial charge in [0.15, 0.2) is 0 Å². The number of aromatic hydroxyl groups is 1. The third kappa shape index (κ3) is 2.64. The Morgan fingerprint density at radius 2 is 1.89 bits per heavy atom. The number of anilines is 1. The molecule has 1 aromatic heterocycles. The minimum absolute atomic E-state index is 0.127. The molecule has 0 saturated heterocycles. The number of H-pyrrole nitrogens is 2. The maximum absolute atomic E-state index is 11.3. The quantitative estimate of drug-likeness (QED) is 0.458. The molecule has 4 N–H and O–H groups in total. The Kier molecular flexibility index (Phi) is 3.24. The minimum atomic E-state index is -0.773. The molecule has 0 amide bonds. The molecule has 2 rings (SSSR count). The Balaban J connectivity index is 2.20. The average Bonchev–Trinajstić information content (AvgIpc) is 2.34. The fraction of sp³-hybridized carbons (Fsp3) is 0. The van der Waals surface area contributed by atoms with Gasteiger partial charge in [0.2, 0.25) is 5.88 Å². The highest BCUT2D eigenvalue weighted by Crippen LogP contribution is 2.05. The number of nitrogens with zero attached hydrogens (tertiary/aromatic N) is 1. The molecule has 0 aliphatic heterocycles. The van der Waals surface area contributed by atoms with Gasteiger partial charge in [-0.25, -0.2) is 4.79 Å². The number of hydrogen-bond donors (Lipinski definition) is 4. The van der Waals surface area contributed by atoms with Crippen LogP contribution >= 0.6 is 0 Å². The van der Waals surface area contributed by atoms with Crippen molar-refractivity contribution in [3.05, 3.63) is 56.7 Å². The number of aromatic amines is 2. The minimum Gasteiger partial charge on any atom is -0.494 e. The maximum Gasteiger partial charge on any atom is 0.328 e. The first-order valence-corrected chi connectivity index (χ1v) is 5.06. The van der Waals surface area contributed by atoms with Gasteiger partial charge in [-0.05, 0) is 12.1 Å². The lowest BCUT2D eigenvalue weighted by Crippen LogP contribution is -2.25. The molecule has 0 atom stereocenters. The van der Waals surface area contributed by atoms with Gasteiger partial charge >= 0.3 is 5.69 Å². The fourth-order valence-electron chi connectivity index (χ4n) is 1.29. The molecule has 7 nitrogen and oxygen atoms in total. The second kappa shape index (κ2) is 5.00. The summed E-state index contributed by atoms with van der Waals surface area (Å²) in [5.41, 5.74) is 1.79. The van der Waals surface area contributed by atoms with Crippen molar-refractivity contribution in [1.29, 1.82) is 0 Å². The highest BCUT2D eigenvalue weighted by molar-refractivity contribution is 5.82. The van der Waals surface area contributed by atoms with E-state index in [4.69, 9.17) is 0 Å². The molecule has 0 radical (unpaired) electrons. The second-order valence-corrected chi connectivity index (χ2v) is 3.41. The van der Waals surface area contributed by atoms with Crippen molar-refractivity contribution in [2.24, 2.45) is 5.10 Å². The number of aromatic nitrogens is 2. The molecule has 0 unspecified atom stereocenters. The van der Waals surface area contributed by atoms with Crippen LogP contribution in [0.25, 0.3) is 0 Å². The molecule has 0 spiro atoms. The van der Waals surface area contributed by atoms with Crippen LogP contribution in [0.15, 0.2) is 45.0 Å². The largest absolute Gasteiger partial charge is 0.494 e. The van der Waals surface area contributed by atoms with Gasteiger partial charge in [-0.3, -0.25) is 20.2 Å². The third-order valence-corrected chi connectivity index (χ3v) is 2.12. The highest BCUT2D eigenvalue weighted by Gasteiger charge is 2.04. The summed E-state index contributed by atoms with van der Waals surface area (Å²) in [6, 6.07) is 9.07. The van der Waals surface area contributed by atoms with Gasteiger partial charge < -0.3 is 5.11 Å². The number of nitrogens with one attached hydrogen (secondary N) is 3. The molecule has 0 saturated carbocycles. The van der Waals surface area contributed by atoms with Crippen LogP contribution in [-0.4, -0.2) is 21.3 Å². The van der Waals surface area contributed by atoms with E-state index in [1.165, 1.54) is 0 Å². The molecule has 0 aliphatic rings. The molecule has 18 heavy (non-hydrogen) atoms. The smallest absolute Gasteiger partial charge is 0.328 e. The van der Waals surface area contributed by atoms with Crippen LogP contribution in [0.1, 0.15) is 5.56 Å². The lowest BCUT2D eigenvalue weighted by atomic mass is 10.3. The summed E-state index contributed by atoms with van der Waals surface area (Å²) in [5.74, 6) is -0.526. The molecule has 1 aromatic carbocycles. The predicted molar refractivity (Wildman–Crippen MR) is 67.0 cm³/mol. The first kappa shape index (κ1) is 11.6. The van der Waals surface area contributed by atoms with E-state index in [-0.39, 0.29) is 5.56 Å². The lowest BCUT2D eigenvalue weighted by molar-refractivity contribution is 0.447. The standard InChI is InChI=1S/C11H10N4O3/c16-9-8(10(17)14-11(18)13-9)6-12-15-7-4-2-1-3-5-7/h1-6,15H,(H3,13,14,16,17,18)/b12-6-. The van der Waals surface area contributed by atoms with Gasteiger partial charge in [0.25, 0.3) is 5.56 Å². The summed E-state index contributed by atoms with van der Waals surface area (Å²) in [6.45, 7) is 0. The van der Waals surface area contributed by atoms with Crippen LogP contribution in [0.5, 0.6) is 5.88 Å². The number of rotatable bonds is 3. The Bertz CT molecular complexity index is 673. The van der Waals surface area contributed by atoms with E-state index in [1.807, 2.05) is 23.2 Å². The molecule has 2 aromatic rings. The van der Waals surface area contributed by atoms with Gasteiger partial charge in [0, 0.05) is 0 Å². The zero-order valence-corrected chi connectivity index (χ0v) is 9.18. The zero-order chi connectivity index (χ0) is 13.0. The molecule has 0 bridgehead atoms. The Hall–Kier alpha value is -2.83. The van der Waals surface area contributed by atoms with Crippen molar-refractivity contribution in [3.8, 4) is 5.88 Å². The van der Waals surface area contributed by atoms with Crippen LogP contribution in [0.4, 0.5) is 5.69 Å². The van der Waals surface area contributed by atoms with Crippen LogP contribution in [-0.2, 0) is 0 Å². The van der Waals surface area contributed by atoms with Gasteiger partial charge in [-0.15, -0.1) is 0 Å². The van der Waals surface area contributed by atoms with Crippen LogP contribution in [0, 0.1) is 0 Å². The molecule has 1 heterocycles. The average molecular weight is 246 g/mol. The van der Waals surface area contributed by atoms with Gasteiger partial charge in [0.1, 0.15) is 5.56 Å². The molecule has 7 heteroatoms. The normalized spacial score (nSPS) is 10.7. The van der Waals surface area contributed by atoms with Gasteiger partial charge in [-0.2, -0.15) is 5.10 Å². The summed E-state index contributed by atoms with van der Waals surface area (Å²) < 4.78 is 0. The van der Waals surface area contributed by atoms with Crippen LogP contribution < -0.4 is 16.7 Å². The van der Waals surface area contributed by atoms with Crippen LogP contribution in [0.3, 0.4) is 0 Å². The molecular formula is C11H10N4O3. The fourth-order valence-corrected chi connectivity index (χ4v) is 1.29. The van der Waals surface area contributed by atoms with Crippen molar-refractivity contribution in [2.75, 3.05) is 5.43 Å². The Labute approximate surface area is 101 Å². The summed E-state index contributed by atoms with van der Waals surface area (Å²) in [7, 11) is 0. The van der Waals surface area contributed by atoms with Crippen molar-refractivity contribution >= 4 is 11.9 Å². The number of para-hydroxylation sites is 1.